The summed E-state index contributed by atoms with van der Waals surface area (Å²) in [5, 5.41) is 3.38. The van der Waals surface area contributed by atoms with E-state index in [-0.39, 0.29) is 5.82 Å². The lowest BCUT2D eigenvalue weighted by molar-refractivity contribution is 0.542. The maximum Gasteiger partial charge on any atom is 0.124 e. The second-order valence-electron chi connectivity index (χ2n) is 4.48. The van der Waals surface area contributed by atoms with E-state index in [1.54, 1.807) is 6.07 Å². The second kappa shape index (κ2) is 7.02. The molecule has 0 saturated carbocycles. The van der Waals surface area contributed by atoms with Crippen molar-refractivity contribution in [3.8, 4) is 0 Å². The minimum absolute atomic E-state index is 0.167. The SMILES string of the molecule is CC(C)CNCCCc1cc(F)cc(Br)c1. The Morgan fingerprint density at radius 3 is 2.69 bits per heavy atom. The number of rotatable bonds is 6. The third-order valence-electron chi connectivity index (χ3n) is 2.29. The molecule has 0 bridgehead atoms. The molecule has 0 spiro atoms. The second-order valence-corrected chi connectivity index (χ2v) is 5.39. The summed E-state index contributed by atoms with van der Waals surface area (Å²) in [5.74, 6) is 0.517. The van der Waals surface area contributed by atoms with E-state index in [1.807, 2.05) is 6.07 Å². The number of hydrogen-bond acceptors (Lipinski definition) is 1. The first-order valence-corrected chi connectivity index (χ1v) is 6.53. The quantitative estimate of drug-likeness (QED) is 0.786. The highest BCUT2D eigenvalue weighted by Gasteiger charge is 1.99. The highest BCUT2D eigenvalue weighted by Crippen LogP contribution is 2.15. The van der Waals surface area contributed by atoms with E-state index in [1.165, 1.54) is 6.07 Å². The molecule has 0 amide bonds. The van der Waals surface area contributed by atoms with Gasteiger partial charge in [0.05, 0.1) is 0 Å². The van der Waals surface area contributed by atoms with Gasteiger partial charge in [-0.3, -0.25) is 0 Å². The third-order valence-corrected chi connectivity index (χ3v) is 2.75. The highest BCUT2D eigenvalue weighted by atomic mass is 79.9. The standard InChI is InChI=1S/C13H19BrFN/c1-10(2)9-16-5-3-4-11-6-12(14)8-13(15)7-11/h6-8,10,16H,3-5,9H2,1-2H3. The maximum atomic E-state index is 13.1. The van der Waals surface area contributed by atoms with E-state index >= 15 is 0 Å². The normalized spacial score (nSPS) is 11.1. The van der Waals surface area contributed by atoms with Gasteiger partial charge in [0.25, 0.3) is 0 Å². The average molecular weight is 288 g/mol. The summed E-state index contributed by atoms with van der Waals surface area (Å²) >= 11 is 3.30. The van der Waals surface area contributed by atoms with Gasteiger partial charge in [-0.05, 0) is 55.6 Å². The summed E-state index contributed by atoms with van der Waals surface area (Å²) in [4.78, 5) is 0. The number of halogens is 2. The lowest BCUT2D eigenvalue weighted by Crippen LogP contribution is -2.21. The van der Waals surface area contributed by atoms with Crippen LogP contribution in [0.3, 0.4) is 0 Å². The van der Waals surface area contributed by atoms with Gasteiger partial charge in [-0.15, -0.1) is 0 Å². The molecule has 0 aliphatic heterocycles. The molecular weight excluding hydrogens is 269 g/mol. The van der Waals surface area contributed by atoms with Gasteiger partial charge in [0.2, 0.25) is 0 Å². The van der Waals surface area contributed by atoms with Crippen LogP contribution < -0.4 is 5.32 Å². The first kappa shape index (κ1) is 13.7. The third kappa shape index (κ3) is 5.61. The van der Waals surface area contributed by atoms with Gasteiger partial charge in [0.15, 0.2) is 0 Å². The topological polar surface area (TPSA) is 12.0 Å². The summed E-state index contributed by atoms with van der Waals surface area (Å²) in [6, 6.07) is 5.07. The number of benzene rings is 1. The molecule has 0 aromatic heterocycles. The van der Waals surface area contributed by atoms with Gasteiger partial charge in [-0.1, -0.05) is 29.8 Å². The predicted octanol–water partition coefficient (Wildman–Crippen LogP) is 3.77. The van der Waals surface area contributed by atoms with Gasteiger partial charge in [0.1, 0.15) is 5.82 Å². The zero-order valence-electron chi connectivity index (χ0n) is 9.89. The lowest BCUT2D eigenvalue weighted by atomic mass is 10.1. The Bertz CT molecular complexity index is 305. The average Bonchev–Trinajstić information content (AvgIpc) is 2.15. The molecule has 0 radical (unpaired) electrons. The highest BCUT2D eigenvalue weighted by molar-refractivity contribution is 9.10. The smallest absolute Gasteiger partial charge is 0.124 e. The van der Waals surface area contributed by atoms with E-state index in [0.29, 0.717) is 5.92 Å². The molecular formula is C13H19BrFN. The molecule has 0 fully saturated rings. The molecule has 0 aliphatic carbocycles. The molecule has 0 unspecified atom stereocenters. The molecule has 0 saturated heterocycles. The van der Waals surface area contributed by atoms with Crippen LogP contribution in [0.5, 0.6) is 0 Å². The molecule has 1 aromatic carbocycles. The first-order chi connectivity index (χ1) is 7.58. The molecule has 90 valence electrons. The molecule has 1 nitrogen and oxygen atoms in total. The summed E-state index contributed by atoms with van der Waals surface area (Å²) in [6.07, 6.45) is 1.96. The van der Waals surface area contributed by atoms with E-state index in [9.17, 15) is 4.39 Å². The summed E-state index contributed by atoms with van der Waals surface area (Å²) in [6.45, 7) is 6.42. The van der Waals surface area contributed by atoms with Crippen LogP contribution in [-0.2, 0) is 6.42 Å². The molecule has 1 N–H and O–H groups in total. The Morgan fingerprint density at radius 2 is 2.06 bits per heavy atom. The van der Waals surface area contributed by atoms with Crippen molar-refractivity contribution in [2.24, 2.45) is 5.92 Å². The van der Waals surface area contributed by atoms with E-state index in [0.717, 1.165) is 36.0 Å². The fraction of sp³-hybridized carbons (Fsp3) is 0.538. The molecule has 0 aliphatic rings. The van der Waals surface area contributed by atoms with Crippen molar-refractivity contribution < 1.29 is 4.39 Å². The monoisotopic (exact) mass is 287 g/mol. The largest absolute Gasteiger partial charge is 0.316 e. The minimum Gasteiger partial charge on any atom is -0.316 e. The van der Waals surface area contributed by atoms with Crippen LogP contribution in [0, 0.1) is 11.7 Å². The Morgan fingerprint density at radius 1 is 1.31 bits per heavy atom. The van der Waals surface area contributed by atoms with Crippen molar-refractivity contribution in [2.45, 2.75) is 26.7 Å². The minimum atomic E-state index is -0.167. The van der Waals surface area contributed by atoms with Crippen LogP contribution in [-0.4, -0.2) is 13.1 Å². The van der Waals surface area contributed by atoms with Crippen LogP contribution in [0.1, 0.15) is 25.8 Å². The molecule has 3 heteroatoms. The zero-order valence-corrected chi connectivity index (χ0v) is 11.5. The Kier molecular flexibility index (Phi) is 5.99. The maximum absolute atomic E-state index is 13.1. The molecule has 0 atom stereocenters. The van der Waals surface area contributed by atoms with Crippen LogP contribution >= 0.6 is 15.9 Å². The van der Waals surface area contributed by atoms with Gasteiger partial charge in [0, 0.05) is 4.47 Å². The van der Waals surface area contributed by atoms with Gasteiger partial charge >= 0.3 is 0 Å². The Hall–Kier alpha value is -0.410. The van der Waals surface area contributed by atoms with Gasteiger partial charge in [-0.25, -0.2) is 4.39 Å². The van der Waals surface area contributed by atoms with Crippen molar-refractivity contribution in [3.63, 3.8) is 0 Å². The van der Waals surface area contributed by atoms with Gasteiger partial charge < -0.3 is 5.32 Å². The first-order valence-electron chi connectivity index (χ1n) is 5.73. The van der Waals surface area contributed by atoms with Crippen LogP contribution in [0.4, 0.5) is 4.39 Å². The zero-order chi connectivity index (χ0) is 12.0. The van der Waals surface area contributed by atoms with Crippen molar-refractivity contribution in [2.75, 3.05) is 13.1 Å². The predicted molar refractivity (Wildman–Crippen MR) is 70.1 cm³/mol. The van der Waals surface area contributed by atoms with Crippen molar-refractivity contribution in [1.82, 2.24) is 5.32 Å². The van der Waals surface area contributed by atoms with Crippen LogP contribution in [0.15, 0.2) is 22.7 Å². The van der Waals surface area contributed by atoms with Crippen LogP contribution in [0.2, 0.25) is 0 Å². The van der Waals surface area contributed by atoms with Crippen molar-refractivity contribution in [3.05, 3.63) is 34.1 Å². The molecule has 16 heavy (non-hydrogen) atoms. The summed E-state index contributed by atoms with van der Waals surface area (Å²) < 4.78 is 13.9. The molecule has 1 aromatic rings. The Labute approximate surface area is 106 Å². The van der Waals surface area contributed by atoms with E-state index in [2.05, 4.69) is 35.1 Å². The van der Waals surface area contributed by atoms with Crippen molar-refractivity contribution in [1.29, 1.82) is 0 Å². The molecule has 0 heterocycles. The van der Waals surface area contributed by atoms with Crippen molar-refractivity contribution >= 4 is 15.9 Å². The van der Waals surface area contributed by atoms with Gasteiger partial charge in [-0.2, -0.15) is 0 Å². The number of nitrogens with one attached hydrogen (secondary N) is 1. The van der Waals surface area contributed by atoms with E-state index < -0.39 is 0 Å². The number of aryl methyl sites for hydroxylation is 1. The lowest BCUT2D eigenvalue weighted by Gasteiger charge is -2.07. The Balaban J connectivity index is 2.26. The fourth-order valence-corrected chi connectivity index (χ4v) is 2.08. The summed E-state index contributed by atoms with van der Waals surface area (Å²) in [7, 11) is 0. The molecule has 1 rings (SSSR count). The van der Waals surface area contributed by atoms with Crippen LogP contribution in [0.25, 0.3) is 0 Å². The fourth-order valence-electron chi connectivity index (χ4n) is 1.56. The van der Waals surface area contributed by atoms with E-state index in [4.69, 9.17) is 0 Å². The number of hydrogen-bond donors (Lipinski definition) is 1. The summed E-state index contributed by atoms with van der Waals surface area (Å²) in [5.41, 5.74) is 1.05.